The second kappa shape index (κ2) is 7.88. The number of hydrogen-bond acceptors (Lipinski definition) is 3. The first kappa shape index (κ1) is 13.8. The van der Waals surface area contributed by atoms with E-state index < -0.39 is 10.8 Å². The van der Waals surface area contributed by atoms with Gasteiger partial charge in [-0.3, -0.25) is 4.21 Å². The number of nitrogens with one attached hydrogen (secondary N) is 1. The van der Waals surface area contributed by atoms with Crippen molar-refractivity contribution >= 4 is 10.8 Å². The van der Waals surface area contributed by atoms with Crippen LogP contribution in [0, 0.1) is 12.3 Å². The maximum atomic E-state index is 10.9. The fourth-order valence-corrected chi connectivity index (χ4v) is 1.78. The van der Waals surface area contributed by atoms with Gasteiger partial charge < -0.3 is 10.1 Å². The van der Waals surface area contributed by atoms with Crippen LogP contribution in [-0.2, 0) is 17.3 Å². The van der Waals surface area contributed by atoms with Crippen molar-refractivity contribution in [3.05, 3.63) is 29.8 Å². The van der Waals surface area contributed by atoms with Gasteiger partial charge in [-0.2, -0.15) is 0 Å². The molecule has 1 unspecified atom stereocenters. The molecular weight excluding hydrogens is 234 g/mol. The molecule has 0 aliphatic heterocycles. The van der Waals surface area contributed by atoms with E-state index in [1.54, 1.807) is 6.26 Å². The normalized spacial score (nSPS) is 11.8. The van der Waals surface area contributed by atoms with Crippen molar-refractivity contribution in [1.29, 1.82) is 0 Å². The maximum Gasteiger partial charge on any atom is 0.148 e. The van der Waals surface area contributed by atoms with E-state index in [0.29, 0.717) is 12.3 Å². The van der Waals surface area contributed by atoms with Crippen LogP contribution in [0.1, 0.15) is 5.56 Å². The SMILES string of the molecule is C#CCOc1ccccc1CNCCS(C)=O. The Bertz CT molecular complexity index is 412. The molecule has 0 aromatic heterocycles. The Labute approximate surface area is 105 Å². The van der Waals surface area contributed by atoms with E-state index >= 15 is 0 Å². The Kier molecular flexibility index (Phi) is 6.38. The number of benzene rings is 1. The highest BCUT2D eigenvalue weighted by atomic mass is 32.2. The number of para-hydroxylation sites is 1. The van der Waals surface area contributed by atoms with Crippen molar-refractivity contribution in [2.75, 3.05) is 25.2 Å². The zero-order chi connectivity index (χ0) is 12.5. The summed E-state index contributed by atoms with van der Waals surface area (Å²) < 4.78 is 16.3. The summed E-state index contributed by atoms with van der Waals surface area (Å²) in [5.74, 6) is 3.90. The van der Waals surface area contributed by atoms with Gasteiger partial charge >= 0.3 is 0 Å². The summed E-state index contributed by atoms with van der Waals surface area (Å²) >= 11 is 0. The molecule has 0 aliphatic rings. The minimum atomic E-state index is -0.754. The molecule has 1 rings (SSSR count). The monoisotopic (exact) mass is 251 g/mol. The highest BCUT2D eigenvalue weighted by Crippen LogP contribution is 2.17. The predicted molar refractivity (Wildman–Crippen MR) is 71.4 cm³/mol. The number of ether oxygens (including phenoxy) is 1. The summed E-state index contributed by atoms with van der Waals surface area (Å²) in [7, 11) is -0.754. The van der Waals surface area contributed by atoms with Crippen LogP contribution in [0.25, 0.3) is 0 Å². The molecule has 0 aliphatic carbocycles. The Hall–Kier alpha value is -1.31. The van der Waals surface area contributed by atoms with E-state index in [9.17, 15) is 4.21 Å². The van der Waals surface area contributed by atoms with E-state index in [1.165, 1.54) is 0 Å². The topological polar surface area (TPSA) is 38.3 Å². The average Bonchev–Trinajstić information content (AvgIpc) is 2.33. The summed E-state index contributed by atoms with van der Waals surface area (Å²) in [6.45, 7) is 1.69. The summed E-state index contributed by atoms with van der Waals surface area (Å²) in [5, 5.41) is 3.23. The first-order valence-electron chi connectivity index (χ1n) is 5.39. The van der Waals surface area contributed by atoms with Gasteiger partial charge in [-0.25, -0.2) is 0 Å². The van der Waals surface area contributed by atoms with Gasteiger partial charge in [0.15, 0.2) is 0 Å². The largest absolute Gasteiger partial charge is 0.481 e. The molecule has 0 spiro atoms. The summed E-state index contributed by atoms with van der Waals surface area (Å²) in [4.78, 5) is 0. The van der Waals surface area contributed by atoms with Crippen molar-refractivity contribution in [3.8, 4) is 18.1 Å². The molecule has 17 heavy (non-hydrogen) atoms. The minimum absolute atomic E-state index is 0.274. The van der Waals surface area contributed by atoms with Crippen molar-refractivity contribution in [2.24, 2.45) is 0 Å². The lowest BCUT2D eigenvalue weighted by molar-refractivity contribution is 0.365. The molecular formula is C13H17NO2S. The summed E-state index contributed by atoms with van der Waals surface area (Å²) in [6.07, 6.45) is 6.86. The van der Waals surface area contributed by atoms with Crippen molar-refractivity contribution < 1.29 is 8.95 Å². The number of terminal acetylenes is 1. The molecule has 1 atom stereocenters. The first-order chi connectivity index (χ1) is 8.24. The van der Waals surface area contributed by atoms with Crippen LogP contribution in [0.15, 0.2) is 24.3 Å². The lowest BCUT2D eigenvalue weighted by atomic mass is 10.2. The van der Waals surface area contributed by atoms with Gasteiger partial charge in [0.1, 0.15) is 12.4 Å². The predicted octanol–water partition coefficient (Wildman–Crippen LogP) is 1.17. The highest BCUT2D eigenvalue weighted by Gasteiger charge is 2.01. The maximum absolute atomic E-state index is 10.9. The molecule has 0 heterocycles. The third kappa shape index (κ3) is 5.53. The molecule has 4 heteroatoms. The van der Waals surface area contributed by atoms with E-state index in [1.807, 2.05) is 24.3 Å². The molecule has 0 amide bonds. The Balaban J connectivity index is 2.46. The van der Waals surface area contributed by atoms with E-state index in [0.717, 1.165) is 17.9 Å². The average molecular weight is 251 g/mol. The molecule has 0 saturated carbocycles. The smallest absolute Gasteiger partial charge is 0.148 e. The van der Waals surface area contributed by atoms with Crippen molar-refractivity contribution in [3.63, 3.8) is 0 Å². The van der Waals surface area contributed by atoms with Gasteiger partial charge in [0.2, 0.25) is 0 Å². The fraction of sp³-hybridized carbons (Fsp3) is 0.385. The lowest BCUT2D eigenvalue weighted by Crippen LogP contribution is -2.20. The van der Waals surface area contributed by atoms with Gasteiger partial charge in [0.25, 0.3) is 0 Å². The quantitative estimate of drug-likeness (QED) is 0.584. The van der Waals surface area contributed by atoms with Crippen LogP contribution < -0.4 is 10.1 Å². The van der Waals surface area contributed by atoms with E-state index in [4.69, 9.17) is 11.2 Å². The molecule has 0 fully saturated rings. The Morgan fingerprint density at radius 2 is 2.24 bits per heavy atom. The van der Waals surface area contributed by atoms with E-state index in [2.05, 4.69) is 11.2 Å². The van der Waals surface area contributed by atoms with Crippen LogP contribution >= 0.6 is 0 Å². The lowest BCUT2D eigenvalue weighted by Gasteiger charge is -2.10. The molecule has 1 aromatic carbocycles. The second-order valence-electron chi connectivity index (χ2n) is 3.55. The van der Waals surface area contributed by atoms with Gasteiger partial charge in [-0.1, -0.05) is 24.1 Å². The summed E-state index contributed by atoms with van der Waals surface area (Å²) in [6, 6.07) is 7.75. The first-order valence-corrected chi connectivity index (χ1v) is 7.11. The van der Waals surface area contributed by atoms with Crippen LogP contribution in [-0.4, -0.2) is 29.4 Å². The van der Waals surface area contributed by atoms with Crippen LogP contribution in [0.5, 0.6) is 5.75 Å². The molecule has 92 valence electrons. The molecule has 0 bridgehead atoms. The van der Waals surface area contributed by atoms with Gasteiger partial charge in [0.05, 0.1) is 0 Å². The number of hydrogen-bond donors (Lipinski definition) is 1. The van der Waals surface area contributed by atoms with Crippen LogP contribution in [0.3, 0.4) is 0 Å². The Morgan fingerprint density at radius 3 is 2.94 bits per heavy atom. The zero-order valence-corrected chi connectivity index (χ0v) is 10.8. The third-order valence-electron chi connectivity index (χ3n) is 2.17. The van der Waals surface area contributed by atoms with E-state index in [-0.39, 0.29) is 6.61 Å². The second-order valence-corrected chi connectivity index (χ2v) is 5.11. The highest BCUT2D eigenvalue weighted by molar-refractivity contribution is 7.84. The van der Waals surface area contributed by atoms with Crippen LogP contribution in [0.4, 0.5) is 0 Å². The third-order valence-corrected chi connectivity index (χ3v) is 2.94. The number of rotatable bonds is 7. The van der Waals surface area contributed by atoms with Crippen molar-refractivity contribution in [2.45, 2.75) is 6.54 Å². The Morgan fingerprint density at radius 1 is 1.47 bits per heavy atom. The standard InChI is InChI=1S/C13H17NO2S/c1-3-9-16-13-7-5-4-6-12(13)11-14-8-10-17(2)15/h1,4-7,14H,8-11H2,2H3. The van der Waals surface area contributed by atoms with Gasteiger partial charge in [-0.05, 0) is 6.07 Å². The molecule has 1 N–H and O–H groups in total. The molecule has 0 saturated heterocycles. The summed E-state index contributed by atoms with van der Waals surface area (Å²) in [5.41, 5.74) is 1.06. The minimum Gasteiger partial charge on any atom is -0.481 e. The fourth-order valence-electron chi connectivity index (χ4n) is 1.35. The van der Waals surface area contributed by atoms with Gasteiger partial charge in [0, 0.05) is 41.5 Å². The van der Waals surface area contributed by atoms with Crippen LogP contribution in [0.2, 0.25) is 0 Å². The van der Waals surface area contributed by atoms with Crippen molar-refractivity contribution in [1.82, 2.24) is 5.32 Å². The zero-order valence-electron chi connectivity index (χ0n) is 9.94. The molecule has 0 radical (unpaired) electrons. The molecule has 1 aromatic rings. The molecule has 3 nitrogen and oxygen atoms in total. The van der Waals surface area contributed by atoms with Gasteiger partial charge in [-0.15, -0.1) is 6.42 Å².